The Morgan fingerprint density at radius 3 is 3.00 bits per heavy atom. The van der Waals surface area contributed by atoms with E-state index < -0.39 is 4.92 Å². The topological polar surface area (TPSA) is 68.1 Å². The molecule has 7 heteroatoms. The summed E-state index contributed by atoms with van der Waals surface area (Å²) < 4.78 is 0. The van der Waals surface area contributed by atoms with Gasteiger partial charge in [-0.25, -0.2) is 4.98 Å². The summed E-state index contributed by atoms with van der Waals surface area (Å²) in [5.74, 6) is 0. The molecule has 0 saturated carbocycles. The van der Waals surface area contributed by atoms with Gasteiger partial charge in [0.05, 0.1) is 22.7 Å². The van der Waals surface area contributed by atoms with Crippen LogP contribution in [0.1, 0.15) is 5.69 Å². The molecule has 1 aromatic carbocycles. The molecule has 0 spiro atoms. The predicted molar refractivity (Wildman–Crippen MR) is 67.5 cm³/mol. The number of thiazole rings is 1. The molecule has 2 rings (SSSR count). The van der Waals surface area contributed by atoms with Crippen LogP contribution in [-0.2, 0) is 6.54 Å². The van der Waals surface area contributed by atoms with E-state index in [0.717, 1.165) is 5.69 Å². The number of benzene rings is 1. The molecule has 17 heavy (non-hydrogen) atoms. The fourth-order valence-electron chi connectivity index (χ4n) is 1.28. The maximum absolute atomic E-state index is 10.7. The van der Waals surface area contributed by atoms with Gasteiger partial charge in [0.25, 0.3) is 5.69 Å². The van der Waals surface area contributed by atoms with E-state index in [-0.39, 0.29) is 10.7 Å². The zero-order chi connectivity index (χ0) is 12.3. The van der Waals surface area contributed by atoms with Crippen LogP contribution in [0.5, 0.6) is 0 Å². The van der Waals surface area contributed by atoms with Crippen LogP contribution >= 0.6 is 22.9 Å². The van der Waals surface area contributed by atoms with Gasteiger partial charge in [-0.15, -0.1) is 11.3 Å². The van der Waals surface area contributed by atoms with Gasteiger partial charge in [-0.3, -0.25) is 10.1 Å². The minimum Gasteiger partial charge on any atom is -0.379 e. The monoisotopic (exact) mass is 269 g/mol. The number of aromatic nitrogens is 1. The van der Waals surface area contributed by atoms with E-state index in [0.29, 0.717) is 12.2 Å². The van der Waals surface area contributed by atoms with E-state index in [1.807, 2.05) is 5.38 Å². The molecule has 0 fully saturated rings. The summed E-state index contributed by atoms with van der Waals surface area (Å²) in [6, 6.07) is 4.61. The van der Waals surface area contributed by atoms with Crippen LogP contribution in [0.2, 0.25) is 5.02 Å². The number of nitrogens with zero attached hydrogens (tertiary/aromatic N) is 2. The van der Waals surface area contributed by atoms with Crippen molar-refractivity contribution in [2.24, 2.45) is 0 Å². The highest BCUT2D eigenvalue weighted by Gasteiger charge is 2.12. The molecular formula is C10H8ClN3O2S. The average Bonchev–Trinajstić information content (AvgIpc) is 2.80. The van der Waals surface area contributed by atoms with Crippen molar-refractivity contribution in [3.05, 3.63) is 49.9 Å². The van der Waals surface area contributed by atoms with Crippen LogP contribution in [0.15, 0.2) is 29.1 Å². The van der Waals surface area contributed by atoms with Crippen molar-refractivity contribution in [2.45, 2.75) is 6.54 Å². The zero-order valence-electron chi connectivity index (χ0n) is 8.59. The second-order valence-electron chi connectivity index (χ2n) is 3.26. The number of hydrogen-bond donors (Lipinski definition) is 1. The lowest BCUT2D eigenvalue weighted by molar-refractivity contribution is -0.384. The average molecular weight is 270 g/mol. The Hall–Kier alpha value is -1.66. The van der Waals surface area contributed by atoms with E-state index >= 15 is 0 Å². The molecule has 0 radical (unpaired) electrons. The van der Waals surface area contributed by atoms with Crippen molar-refractivity contribution in [1.82, 2.24) is 4.98 Å². The molecule has 5 nitrogen and oxygen atoms in total. The van der Waals surface area contributed by atoms with Crippen molar-refractivity contribution in [1.29, 1.82) is 0 Å². The van der Waals surface area contributed by atoms with Gasteiger partial charge in [0.15, 0.2) is 0 Å². The molecule has 2 aromatic rings. The first-order chi connectivity index (χ1) is 8.16. The third-order valence-corrected chi connectivity index (χ3v) is 3.05. The molecule has 88 valence electrons. The first-order valence-electron chi connectivity index (χ1n) is 4.71. The number of nitro groups is 1. The van der Waals surface area contributed by atoms with E-state index in [9.17, 15) is 10.1 Å². The lowest BCUT2D eigenvalue weighted by atomic mass is 10.2. The maximum atomic E-state index is 10.7. The molecule has 0 atom stereocenters. The van der Waals surface area contributed by atoms with E-state index in [4.69, 9.17) is 11.6 Å². The van der Waals surface area contributed by atoms with Crippen LogP contribution in [0, 0.1) is 10.1 Å². The lowest BCUT2D eigenvalue weighted by Crippen LogP contribution is -2.00. The van der Waals surface area contributed by atoms with Gasteiger partial charge in [0.1, 0.15) is 5.02 Å². The first-order valence-corrected chi connectivity index (χ1v) is 6.04. The fourth-order valence-corrected chi connectivity index (χ4v) is 2.02. The summed E-state index contributed by atoms with van der Waals surface area (Å²) in [5, 5.41) is 15.8. The Labute approximate surface area is 106 Å². The standard InChI is InChI=1S/C10H8ClN3O2S/c11-9-2-1-7(3-10(9)14(15)16)12-4-8-5-17-6-13-8/h1-3,5-6,12H,4H2. The van der Waals surface area contributed by atoms with Crippen molar-refractivity contribution in [3.63, 3.8) is 0 Å². The molecule has 0 aliphatic heterocycles. The summed E-state index contributed by atoms with van der Waals surface area (Å²) in [5.41, 5.74) is 3.18. The van der Waals surface area contributed by atoms with Crippen molar-refractivity contribution in [2.75, 3.05) is 5.32 Å². The third-order valence-electron chi connectivity index (χ3n) is 2.10. The van der Waals surface area contributed by atoms with Crippen LogP contribution in [0.3, 0.4) is 0 Å². The Morgan fingerprint density at radius 1 is 1.53 bits per heavy atom. The summed E-state index contributed by atoms with van der Waals surface area (Å²) in [6.07, 6.45) is 0. The van der Waals surface area contributed by atoms with Gasteiger partial charge in [-0.05, 0) is 12.1 Å². The van der Waals surface area contributed by atoms with Gasteiger partial charge < -0.3 is 5.32 Å². The minimum atomic E-state index is -0.504. The molecule has 0 aliphatic carbocycles. The number of rotatable bonds is 4. The van der Waals surface area contributed by atoms with Crippen LogP contribution in [0.25, 0.3) is 0 Å². The summed E-state index contributed by atoms with van der Waals surface area (Å²) >= 11 is 7.22. The zero-order valence-corrected chi connectivity index (χ0v) is 10.2. The molecular weight excluding hydrogens is 262 g/mol. The number of halogens is 1. The molecule has 0 unspecified atom stereocenters. The second-order valence-corrected chi connectivity index (χ2v) is 4.38. The molecule has 0 amide bonds. The number of hydrogen-bond acceptors (Lipinski definition) is 5. The molecule has 1 aromatic heterocycles. The first kappa shape index (κ1) is 11.8. The van der Waals surface area contributed by atoms with Crippen molar-refractivity contribution in [3.8, 4) is 0 Å². The summed E-state index contributed by atoms with van der Waals surface area (Å²) in [6.45, 7) is 0.530. The number of anilines is 1. The lowest BCUT2D eigenvalue weighted by Gasteiger charge is -2.04. The number of nitro benzene ring substituents is 1. The third kappa shape index (κ3) is 2.92. The molecule has 0 saturated heterocycles. The van der Waals surface area contributed by atoms with E-state index in [2.05, 4.69) is 10.3 Å². The molecule has 0 bridgehead atoms. The highest BCUT2D eigenvalue weighted by atomic mass is 35.5. The van der Waals surface area contributed by atoms with Crippen LogP contribution in [-0.4, -0.2) is 9.91 Å². The van der Waals surface area contributed by atoms with Gasteiger partial charge >= 0.3 is 0 Å². The van der Waals surface area contributed by atoms with E-state index in [1.165, 1.54) is 23.5 Å². The fraction of sp³-hybridized carbons (Fsp3) is 0.100. The minimum absolute atomic E-state index is 0.102. The molecule has 1 heterocycles. The Balaban J connectivity index is 2.11. The normalized spacial score (nSPS) is 10.2. The van der Waals surface area contributed by atoms with E-state index in [1.54, 1.807) is 11.6 Å². The maximum Gasteiger partial charge on any atom is 0.289 e. The van der Waals surface area contributed by atoms with Crippen molar-refractivity contribution < 1.29 is 4.92 Å². The summed E-state index contributed by atoms with van der Waals surface area (Å²) in [7, 11) is 0. The van der Waals surface area contributed by atoms with Gasteiger partial charge in [-0.1, -0.05) is 11.6 Å². The Morgan fingerprint density at radius 2 is 2.35 bits per heavy atom. The highest BCUT2D eigenvalue weighted by molar-refractivity contribution is 7.07. The largest absolute Gasteiger partial charge is 0.379 e. The number of nitrogens with one attached hydrogen (secondary N) is 1. The smallest absolute Gasteiger partial charge is 0.289 e. The van der Waals surface area contributed by atoms with Gasteiger partial charge in [-0.2, -0.15) is 0 Å². The van der Waals surface area contributed by atoms with Crippen LogP contribution < -0.4 is 5.32 Å². The second kappa shape index (κ2) is 5.11. The highest BCUT2D eigenvalue weighted by Crippen LogP contribution is 2.27. The molecule has 0 aliphatic rings. The summed E-state index contributed by atoms with van der Waals surface area (Å²) in [4.78, 5) is 14.3. The quantitative estimate of drug-likeness (QED) is 0.683. The Kier molecular flexibility index (Phi) is 3.55. The van der Waals surface area contributed by atoms with Crippen molar-refractivity contribution >= 4 is 34.3 Å². The Bertz CT molecular complexity index is 530. The molecule has 1 N–H and O–H groups in total. The van der Waals surface area contributed by atoms with Crippen LogP contribution in [0.4, 0.5) is 11.4 Å². The predicted octanol–water partition coefficient (Wildman–Crippen LogP) is 3.32. The SMILES string of the molecule is O=[N+]([O-])c1cc(NCc2cscn2)ccc1Cl. The van der Waals surface area contributed by atoms with Gasteiger partial charge in [0.2, 0.25) is 0 Å². The van der Waals surface area contributed by atoms with Gasteiger partial charge in [0, 0.05) is 17.1 Å².